The van der Waals surface area contributed by atoms with Crippen LogP contribution in [0.4, 0.5) is 0 Å². The molecule has 0 aliphatic carbocycles. The van der Waals surface area contributed by atoms with Crippen LogP contribution in [-0.2, 0) is 6.54 Å². The van der Waals surface area contributed by atoms with Crippen LogP contribution in [0.1, 0.15) is 25.3 Å². The molecule has 2 N–H and O–H groups in total. The van der Waals surface area contributed by atoms with Gasteiger partial charge in [0.05, 0.1) is 12.2 Å². The summed E-state index contributed by atoms with van der Waals surface area (Å²) in [4.78, 5) is 10.7. The minimum Gasteiger partial charge on any atom is -0.370 e. The summed E-state index contributed by atoms with van der Waals surface area (Å²) in [6, 6.07) is 8.12. The molecule has 2 heterocycles. The first-order valence-electron chi connectivity index (χ1n) is 7.71. The summed E-state index contributed by atoms with van der Waals surface area (Å²) >= 11 is 0. The minimum atomic E-state index is 0.606. The first kappa shape index (κ1) is 14.6. The Kier molecular flexibility index (Phi) is 4.37. The number of nitrogens with two attached hydrogens (primary N) is 1. The molecule has 6 nitrogen and oxygen atoms in total. The monoisotopic (exact) mass is 298 g/mol. The van der Waals surface area contributed by atoms with Crippen molar-refractivity contribution in [2.24, 2.45) is 16.6 Å². The van der Waals surface area contributed by atoms with E-state index in [9.17, 15) is 0 Å². The van der Waals surface area contributed by atoms with Crippen molar-refractivity contribution in [2.75, 3.05) is 13.1 Å². The minimum absolute atomic E-state index is 0.606. The summed E-state index contributed by atoms with van der Waals surface area (Å²) in [5, 5.41) is 4.11. The van der Waals surface area contributed by atoms with Gasteiger partial charge in [0.15, 0.2) is 5.96 Å². The van der Waals surface area contributed by atoms with Crippen molar-refractivity contribution in [1.82, 2.24) is 19.7 Å². The molecule has 1 aliphatic rings. The second-order valence-corrected chi connectivity index (χ2v) is 5.87. The molecule has 0 saturated carbocycles. The van der Waals surface area contributed by atoms with Crippen molar-refractivity contribution in [3.05, 3.63) is 42.5 Å². The average Bonchev–Trinajstić information content (AvgIpc) is 3.07. The molecule has 1 aromatic heterocycles. The number of likely N-dealkylation sites (tertiary alicyclic amines) is 1. The molecule has 1 fully saturated rings. The number of piperidine rings is 1. The van der Waals surface area contributed by atoms with Gasteiger partial charge >= 0.3 is 0 Å². The van der Waals surface area contributed by atoms with Gasteiger partial charge in [0, 0.05) is 13.1 Å². The molecule has 0 radical (unpaired) electrons. The van der Waals surface area contributed by atoms with E-state index in [-0.39, 0.29) is 0 Å². The smallest absolute Gasteiger partial charge is 0.191 e. The molecule has 116 valence electrons. The Morgan fingerprint density at radius 3 is 2.86 bits per heavy atom. The largest absolute Gasteiger partial charge is 0.370 e. The molecule has 2 aromatic rings. The normalized spacial score (nSPS) is 19.4. The second-order valence-electron chi connectivity index (χ2n) is 5.87. The number of hydrogen-bond donors (Lipinski definition) is 1. The zero-order valence-corrected chi connectivity index (χ0v) is 12.9. The molecule has 1 aromatic carbocycles. The van der Waals surface area contributed by atoms with E-state index in [1.807, 2.05) is 24.3 Å². The molecule has 1 atom stereocenters. The third-order valence-corrected chi connectivity index (χ3v) is 4.02. The van der Waals surface area contributed by atoms with Crippen LogP contribution in [-0.4, -0.2) is 38.7 Å². The fraction of sp³-hybridized carbons (Fsp3) is 0.438. The number of aliphatic imine (C=N–C) groups is 1. The lowest BCUT2D eigenvalue weighted by molar-refractivity contribution is 0.270. The van der Waals surface area contributed by atoms with Crippen molar-refractivity contribution < 1.29 is 0 Å². The average molecular weight is 298 g/mol. The van der Waals surface area contributed by atoms with Crippen LogP contribution in [0.15, 0.2) is 41.9 Å². The van der Waals surface area contributed by atoms with Crippen molar-refractivity contribution in [3.8, 4) is 5.69 Å². The second kappa shape index (κ2) is 6.60. The Labute approximate surface area is 130 Å². The molecule has 0 bridgehead atoms. The highest BCUT2D eigenvalue weighted by molar-refractivity contribution is 5.78. The Morgan fingerprint density at radius 1 is 1.36 bits per heavy atom. The number of rotatable bonds is 3. The number of guanidine groups is 1. The number of hydrogen-bond acceptors (Lipinski definition) is 3. The van der Waals surface area contributed by atoms with Gasteiger partial charge in [0.2, 0.25) is 0 Å². The zero-order chi connectivity index (χ0) is 15.4. The molecule has 1 unspecified atom stereocenters. The summed E-state index contributed by atoms with van der Waals surface area (Å²) in [6.07, 6.45) is 5.69. The molecular formula is C16H22N6. The Balaban J connectivity index is 1.62. The van der Waals surface area contributed by atoms with Crippen LogP contribution in [0.2, 0.25) is 0 Å². The lowest BCUT2D eigenvalue weighted by Gasteiger charge is -2.31. The Morgan fingerprint density at radius 2 is 2.18 bits per heavy atom. The van der Waals surface area contributed by atoms with Gasteiger partial charge in [-0.25, -0.2) is 14.7 Å². The summed E-state index contributed by atoms with van der Waals surface area (Å²) < 4.78 is 1.73. The fourth-order valence-electron chi connectivity index (χ4n) is 2.77. The van der Waals surface area contributed by atoms with Crippen LogP contribution in [0, 0.1) is 5.92 Å². The zero-order valence-electron chi connectivity index (χ0n) is 12.9. The molecule has 0 amide bonds. The first-order valence-corrected chi connectivity index (χ1v) is 7.71. The van der Waals surface area contributed by atoms with E-state index in [1.165, 1.54) is 19.2 Å². The standard InChI is InChI=1S/C16H22N6/c1-13-3-2-8-21(10-13)16(17)19-9-14-4-6-15(7-5-14)22-12-18-11-20-22/h4-7,11-13H,2-3,8-10H2,1H3,(H2,17,19). The fourth-order valence-corrected chi connectivity index (χ4v) is 2.77. The lowest BCUT2D eigenvalue weighted by atomic mass is 10.0. The van der Waals surface area contributed by atoms with E-state index in [1.54, 1.807) is 11.0 Å². The van der Waals surface area contributed by atoms with Crippen molar-refractivity contribution in [2.45, 2.75) is 26.3 Å². The Hall–Kier alpha value is -2.37. The van der Waals surface area contributed by atoms with Gasteiger partial charge in [-0.15, -0.1) is 0 Å². The molecular weight excluding hydrogens is 276 g/mol. The lowest BCUT2D eigenvalue weighted by Crippen LogP contribution is -2.43. The van der Waals surface area contributed by atoms with E-state index in [2.05, 4.69) is 26.9 Å². The third-order valence-electron chi connectivity index (χ3n) is 4.02. The summed E-state index contributed by atoms with van der Waals surface area (Å²) in [6.45, 7) is 4.90. The van der Waals surface area contributed by atoms with Gasteiger partial charge in [-0.05, 0) is 36.5 Å². The maximum absolute atomic E-state index is 6.12. The van der Waals surface area contributed by atoms with Gasteiger partial charge in [-0.3, -0.25) is 0 Å². The van der Waals surface area contributed by atoms with Gasteiger partial charge in [-0.1, -0.05) is 19.1 Å². The van der Waals surface area contributed by atoms with Gasteiger partial charge in [-0.2, -0.15) is 5.10 Å². The van der Waals surface area contributed by atoms with Gasteiger partial charge in [0.1, 0.15) is 12.7 Å². The van der Waals surface area contributed by atoms with Crippen LogP contribution in [0.5, 0.6) is 0 Å². The van der Waals surface area contributed by atoms with Crippen molar-refractivity contribution >= 4 is 5.96 Å². The maximum Gasteiger partial charge on any atom is 0.191 e. The summed E-state index contributed by atoms with van der Waals surface area (Å²) in [5.41, 5.74) is 8.24. The molecule has 6 heteroatoms. The van der Waals surface area contributed by atoms with Crippen LogP contribution in [0.3, 0.4) is 0 Å². The van der Waals surface area contributed by atoms with Crippen molar-refractivity contribution in [1.29, 1.82) is 0 Å². The highest BCUT2D eigenvalue weighted by Crippen LogP contribution is 2.15. The topological polar surface area (TPSA) is 72.3 Å². The van der Waals surface area contributed by atoms with E-state index < -0.39 is 0 Å². The SMILES string of the molecule is CC1CCCN(C(N)=NCc2ccc(-n3cncn3)cc2)C1. The van der Waals surface area contributed by atoms with Gasteiger partial charge in [0.25, 0.3) is 0 Å². The molecule has 1 saturated heterocycles. The molecule has 3 rings (SSSR count). The third kappa shape index (κ3) is 3.44. The quantitative estimate of drug-likeness (QED) is 0.693. The van der Waals surface area contributed by atoms with Gasteiger partial charge < -0.3 is 10.6 Å². The van der Waals surface area contributed by atoms with Crippen LogP contribution >= 0.6 is 0 Å². The van der Waals surface area contributed by atoms with Crippen molar-refractivity contribution in [3.63, 3.8) is 0 Å². The predicted octanol–water partition coefficient (Wildman–Crippen LogP) is 1.81. The molecule has 22 heavy (non-hydrogen) atoms. The highest BCUT2D eigenvalue weighted by atomic mass is 15.3. The number of nitrogens with zero attached hydrogens (tertiary/aromatic N) is 5. The van der Waals surface area contributed by atoms with Crippen LogP contribution in [0.25, 0.3) is 5.69 Å². The van der Waals surface area contributed by atoms with E-state index in [4.69, 9.17) is 5.73 Å². The highest BCUT2D eigenvalue weighted by Gasteiger charge is 2.17. The van der Waals surface area contributed by atoms with E-state index >= 15 is 0 Å². The van der Waals surface area contributed by atoms with E-state index in [0.717, 1.165) is 24.3 Å². The summed E-state index contributed by atoms with van der Waals surface area (Å²) in [5.74, 6) is 1.36. The first-order chi connectivity index (χ1) is 10.7. The summed E-state index contributed by atoms with van der Waals surface area (Å²) in [7, 11) is 0. The predicted molar refractivity (Wildman–Crippen MR) is 86.7 cm³/mol. The molecule has 1 aliphatic heterocycles. The van der Waals surface area contributed by atoms with Crippen LogP contribution < -0.4 is 5.73 Å². The molecule has 0 spiro atoms. The maximum atomic E-state index is 6.12. The Bertz CT molecular complexity index is 617. The number of benzene rings is 1. The van der Waals surface area contributed by atoms with E-state index in [0.29, 0.717) is 18.4 Å². The number of aromatic nitrogens is 3.